The van der Waals surface area contributed by atoms with Gasteiger partial charge in [-0.1, -0.05) is 24.3 Å². The first-order valence-corrected chi connectivity index (χ1v) is 6.55. The van der Waals surface area contributed by atoms with E-state index in [-0.39, 0.29) is 5.75 Å². The number of aliphatic hydroxyl groups excluding tert-OH is 1. The minimum Gasteiger partial charge on any atom is -0.494 e. The summed E-state index contributed by atoms with van der Waals surface area (Å²) in [6.45, 7) is -0.383. The number of alkyl halides is 2. The van der Waals surface area contributed by atoms with E-state index in [9.17, 15) is 13.9 Å². The van der Waals surface area contributed by atoms with Gasteiger partial charge in [0.05, 0.1) is 6.61 Å². The van der Waals surface area contributed by atoms with E-state index in [1.807, 2.05) is 6.92 Å². The summed E-state index contributed by atoms with van der Waals surface area (Å²) in [6.07, 6.45) is -0.832. The molecule has 2 aromatic rings. The predicted molar refractivity (Wildman–Crippen MR) is 74.7 cm³/mol. The molecule has 0 spiro atoms. The largest absolute Gasteiger partial charge is 0.494 e. The van der Waals surface area contributed by atoms with Crippen LogP contribution in [-0.2, 0) is 0 Å². The summed E-state index contributed by atoms with van der Waals surface area (Å²) in [7, 11) is 0. The third-order valence-corrected chi connectivity index (χ3v) is 2.93. The zero-order valence-corrected chi connectivity index (χ0v) is 11.5. The molecule has 0 radical (unpaired) electrons. The maximum Gasteiger partial charge on any atom is 0.387 e. The number of rotatable bonds is 6. The highest BCUT2D eigenvalue weighted by Gasteiger charge is 2.11. The van der Waals surface area contributed by atoms with Crippen LogP contribution in [0.5, 0.6) is 11.5 Å². The number of benzene rings is 2. The normalized spacial score (nSPS) is 12.2. The van der Waals surface area contributed by atoms with Crippen LogP contribution in [0.2, 0.25) is 0 Å². The summed E-state index contributed by atoms with van der Waals surface area (Å²) in [4.78, 5) is 0. The molecule has 1 unspecified atom stereocenters. The summed E-state index contributed by atoms with van der Waals surface area (Å²) >= 11 is 0. The van der Waals surface area contributed by atoms with Gasteiger partial charge >= 0.3 is 6.61 Å². The maximum absolute atomic E-state index is 12.1. The Morgan fingerprint density at radius 3 is 1.81 bits per heavy atom. The molecule has 0 bridgehead atoms. The molecule has 1 atom stereocenters. The van der Waals surface area contributed by atoms with Gasteiger partial charge in [0.2, 0.25) is 0 Å². The van der Waals surface area contributed by atoms with Crippen molar-refractivity contribution in [2.75, 3.05) is 6.61 Å². The van der Waals surface area contributed by atoms with Gasteiger partial charge in [-0.05, 0) is 42.3 Å². The van der Waals surface area contributed by atoms with E-state index in [1.54, 1.807) is 36.4 Å². The Labute approximate surface area is 121 Å². The summed E-state index contributed by atoms with van der Waals surface area (Å²) in [5.41, 5.74) is 1.29. The average molecular weight is 294 g/mol. The monoisotopic (exact) mass is 294 g/mol. The van der Waals surface area contributed by atoms with Crippen LogP contribution in [0.3, 0.4) is 0 Å². The van der Waals surface area contributed by atoms with E-state index in [0.717, 1.165) is 5.75 Å². The number of hydrogen-bond acceptors (Lipinski definition) is 3. The molecule has 3 nitrogen and oxygen atoms in total. The van der Waals surface area contributed by atoms with Crippen molar-refractivity contribution >= 4 is 0 Å². The van der Waals surface area contributed by atoms with E-state index in [1.165, 1.54) is 12.1 Å². The summed E-state index contributed by atoms with van der Waals surface area (Å²) in [6, 6.07) is 13.0. The van der Waals surface area contributed by atoms with Gasteiger partial charge in [0.15, 0.2) is 0 Å². The number of halogens is 2. The SMILES string of the molecule is CCOc1ccc(C(O)c2ccc(OC(F)F)cc2)cc1. The first-order chi connectivity index (χ1) is 10.1. The summed E-state index contributed by atoms with van der Waals surface area (Å²) < 4.78 is 33.7. The smallest absolute Gasteiger partial charge is 0.387 e. The molecule has 21 heavy (non-hydrogen) atoms. The third-order valence-electron chi connectivity index (χ3n) is 2.93. The Bertz CT molecular complexity index is 553. The number of aliphatic hydroxyl groups is 1. The Balaban J connectivity index is 2.09. The quantitative estimate of drug-likeness (QED) is 0.881. The highest BCUT2D eigenvalue weighted by Crippen LogP contribution is 2.26. The summed E-state index contributed by atoms with van der Waals surface area (Å²) in [5, 5.41) is 10.3. The molecule has 0 aliphatic carbocycles. The van der Waals surface area contributed by atoms with Gasteiger partial charge in [-0.3, -0.25) is 0 Å². The van der Waals surface area contributed by atoms with Gasteiger partial charge in [0.25, 0.3) is 0 Å². The van der Waals surface area contributed by atoms with Crippen molar-refractivity contribution in [2.45, 2.75) is 19.6 Å². The fourth-order valence-electron chi connectivity index (χ4n) is 1.94. The lowest BCUT2D eigenvalue weighted by Gasteiger charge is -2.13. The molecule has 2 aromatic carbocycles. The van der Waals surface area contributed by atoms with Gasteiger partial charge < -0.3 is 14.6 Å². The minimum atomic E-state index is -2.85. The Morgan fingerprint density at radius 1 is 0.905 bits per heavy atom. The van der Waals surface area contributed by atoms with Gasteiger partial charge in [-0.2, -0.15) is 8.78 Å². The molecule has 0 fully saturated rings. The van der Waals surface area contributed by atoms with Crippen LogP contribution in [0.25, 0.3) is 0 Å². The Hall–Kier alpha value is -2.14. The number of ether oxygens (including phenoxy) is 2. The van der Waals surface area contributed by atoms with Crippen molar-refractivity contribution < 1.29 is 23.4 Å². The van der Waals surface area contributed by atoms with Gasteiger partial charge in [0, 0.05) is 0 Å². The molecule has 0 amide bonds. The molecular formula is C16H16F2O3. The molecule has 0 aromatic heterocycles. The molecule has 0 saturated carbocycles. The zero-order chi connectivity index (χ0) is 15.2. The van der Waals surface area contributed by atoms with Crippen LogP contribution in [0, 0.1) is 0 Å². The lowest BCUT2D eigenvalue weighted by Crippen LogP contribution is -2.03. The standard InChI is InChI=1S/C16H16F2O3/c1-2-20-13-7-3-11(4-8-13)15(19)12-5-9-14(10-6-12)21-16(17)18/h3-10,15-16,19H,2H2,1H3. The second-order valence-corrected chi connectivity index (χ2v) is 4.35. The van der Waals surface area contributed by atoms with Crippen molar-refractivity contribution in [1.82, 2.24) is 0 Å². The van der Waals surface area contributed by atoms with Crippen LogP contribution in [0.1, 0.15) is 24.2 Å². The summed E-state index contributed by atoms with van der Waals surface area (Å²) in [5.74, 6) is 0.793. The zero-order valence-electron chi connectivity index (χ0n) is 11.5. The first-order valence-electron chi connectivity index (χ1n) is 6.55. The highest BCUT2D eigenvalue weighted by atomic mass is 19.3. The molecule has 1 N–H and O–H groups in total. The van der Waals surface area contributed by atoms with E-state index in [2.05, 4.69) is 4.74 Å². The molecule has 0 saturated heterocycles. The predicted octanol–water partition coefficient (Wildman–Crippen LogP) is 3.77. The van der Waals surface area contributed by atoms with E-state index in [4.69, 9.17) is 4.74 Å². The van der Waals surface area contributed by atoms with Crippen LogP contribution in [0.4, 0.5) is 8.78 Å². The molecule has 0 aliphatic heterocycles. The Kier molecular flexibility index (Phi) is 5.11. The van der Waals surface area contributed by atoms with Crippen molar-refractivity contribution in [3.63, 3.8) is 0 Å². The van der Waals surface area contributed by atoms with E-state index < -0.39 is 12.7 Å². The van der Waals surface area contributed by atoms with Crippen LogP contribution < -0.4 is 9.47 Å². The lowest BCUT2D eigenvalue weighted by atomic mass is 10.0. The second-order valence-electron chi connectivity index (χ2n) is 4.35. The third kappa shape index (κ3) is 4.16. The average Bonchev–Trinajstić information content (AvgIpc) is 2.48. The molecule has 0 aliphatic rings. The molecule has 112 valence electrons. The van der Waals surface area contributed by atoms with Crippen molar-refractivity contribution in [2.24, 2.45) is 0 Å². The van der Waals surface area contributed by atoms with Gasteiger partial charge in [-0.25, -0.2) is 0 Å². The fraction of sp³-hybridized carbons (Fsp3) is 0.250. The van der Waals surface area contributed by atoms with Crippen molar-refractivity contribution in [3.05, 3.63) is 59.7 Å². The fourth-order valence-corrected chi connectivity index (χ4v) is 1.94. The van der Waals surface area contributed by atoms with Crippen LogP contribution >= 0.6 is 0 Å². The Morgan fingerprint density at radius 2 is 1.38 bits per heavy atom. The van der Waals surface area contributed by atoms with Crippen LogP contribution in [0.15, 0.2) is 48.5 Å². The van der Waals surface area contributed by atoms with Crippen LogP contribution in [-0.4, -0.2) is 18.3 Å². The first kappa shape index (κ1) is 15.3. The topological polar surface area (TPSA) is 38.7 Å². The minimum absolute atomic E-state index is 0.0626. The molecule has 0 heterocycles. The molecule has 5 heteroatoms. The number of hydrogen-bond donors (Lipinski definition) is 1. The van der Waals surface area contributed by atoms with Gasteiger partial charge in [0.1, 0.15) is 17.6 Å². The van der Waals surface area contributed by atoms with Gasteiger partial charge in [-0.15, -0.1) is 0 Å². The maximum atomic E-state index is 12.1. The van der Waals surface area contributed by atoms with E-state index >= 15 is 0 Å². The van der Waals surface area contributed by atoms with Crippen molar-refractivity contribution in [1.29, 1.82) is 0 Å². The lowest BCUT2D eigenvalue weighted by molar-refractivity contribution is -0.0498. The molecule has 2 rings (SSSR count). The second kappa shape index (κ2) is 7.04. The highest BCUT2D eigenvalue weighted by molar-refractivity contribution is 5.36. The molecular weight excluding hydrogens is 278 g/mol. The van der Waals surface area contributed by atoms with E-state index in [0.29, 0.717) is 17.7 Å². The van der Waals surface area contributed by atoms with Crippen molar-refractivity contribution in [3.8, 4) is 11.5 Å².